The number of hydrogen-bond donors (Lipinski definition) is 0. The van der Waals surface area contributed by atoms with E-state index in [4.69, 9.17) is 33.2 Å². The Labute approximate surface area is 157 Å². The highest BCUT2D eigenvalue weighted by Gasteiger charge is 2.19. The molecule has 0 spiro atoms. The number of carbonyl (C=O) groups excluding carboxylic acids is 1. The van der Waals surface area contributed by atoms with Gasteiger partial charge < -0.3 is 9.64 Å². The number of nitrogens with zero attached hydrogens (tertiary/aromatic N) is 2. The quantitative estimate of drug-likeness (QED) is 0.735. The zero-order chi connectivity index (χ0) is 18.4. The Bertz CT molecular complexity index is 800. The fourth-order valence-corrected chi connectivity index (χ4v) is 2.62. The summed E-state index contributed by atoms with van der Waals surface area (Å²) in [6.07, 6.45) is 0. The molecule has 0 saturated carbocycles. The molecule has 2 rings (SSSR count). The third-order valence-electron chi connectivity index (χ3n) is 3.64. The molecule has 0 radical (unpaired) electrons. The van der Waals surface area contributed by atoms with Gasteiger partial charge in [0.15, 0.2) is 6.61 Å². The lowest BCUT2D eigenvalue weighted by atomic mass is 10.2. The van der Waals surface area contributed by atoms with Gasteiger partial charge in [-0.2, -0.15) is 5.26 Å². The zero-order valence-corrected chi connectivity index (χ0v) is 15.5. The number of benzene rings is 2. The molecule has 0 aliphatic rings. The lowest BCUT2D eigenvalue weighted by Gasteiger charge is -2.27. The Hall–Kier alpha value is -2.22. The van der Waals surface area contributed by atoms with Gasteiger partial charge in [-0.05, 0) is 43.7 Å². The summed E-state index contributed by atoms with van der Waals surface area (Å²) in [6, 6.07) is 14.2. The molecule has 130 valence electrons. The third-order valence-corrected chi connectivity index (χ3v) is 4.38. The summed E-state index contributed by atoms with van der Waals surface area (Å²) in [7, 11) is 0. The fraction of sp³-hybridized carbons (Fsp3) is 0.263. The highest BCUT2D eigenvalue weighted by atomic mass is 35.5. The molecule has 4 nitrogen and oxygen atoms in total. The molecule has 0 heterocycles. The van der Waals surface area contributed by atoms with Crippen molar-refractivity contribution in [1.82, 2.24) is 4.90 Å². The van der Waals surface area contributed by atoms with Crippen molar-refractivity contribution in [2.45, 2.75) is 26.4 Å². The van der Waals surface area contributed by atoms with E-state index in [0.29, 0.717) is 27.9 Å². The van der Waals surface area contributed by atoms with Crippen molar-refractivity contribution in [2.24, 2.45) is 0 Å². The second kappa shape index (κ2) is 8.75. The van der Waals surface area contributed by atoms with E-state index in [0.717, 1.165) is 5.56 Å². The number of nitriles is 1. The van der Waals surface area contributed by atoms with Gasteiger partial charge in [-0.25, -0.2) is 0 Å². The van der Waals surface area contributed by atoms with Crippen molar-refractivity contribution in [3.05, 3.63) is 63.6 Å². The molecule has 0 fully saturated rings. The SMILES string of the molecule is CC(C)N(Cc1ccc(Cl)c(Cl)c1)C(=O)COc1ccccc1C#N. The fourth-order valence-electron chi connectivity index (χ4n) is 2.30. The minimum Gasteiger partial charge on any atom is -0.482 e. The van der Waals surface area contributed by atoms with Crippen LogP contribution in [0.15, 0.2) is 42.5 Å². The first kappa shape index (κ1) is 19.1. The zero-order valence-electron chi connectivity index (χ0n) is 14.0. The third kappa shape index (κ3) is 5.12. The Balaban J connectivity index is 2.07. The van der Waals surface area contributed by atoms with E-state index in [1.807, 2.05) is 26.0 Å². The van der Waals surface area contributed by atoms with Crippen LogP contribution in [0.4, 0.5) is 0 Å². The molecule has 0 atom stereocenters. The molecule has 0 N–H and O–H groups in total. The number of para-hydroxylation sites is 1. The lowest BCUT2D eigenvalue weighted by Crippen LogP contribution is -2.39. The van der Waals surface area contributed by atoms with Crippen molar-refractivity contribution in [2.75, 3.05) is 6.61 Å². The van der Waals surface area contributed by atoms with Crippen LogP contribution in [0, 0.1) is 11.3 Å². The van der Waals surface area contributed by atoms with Crippen LogP contribution in [0.1, 0.15) is 25.0 Å². The molecule has 2 aromatic rings. The van der Waals surface area contributed by atoms with Crippen molar-refractivity contribution < 1.29 is 9.53 Å². The summed E-state index contributed by atoms with van der Waals surface area (Å²) < 4.78 is 5.54. The second-order valence-corrected chi connectivity index (χ2v) is 6.57. The molecule has 0 aromatic heterocycles. The molecule has 0 saturated heterocycles. The lowest BCUT2D eigenvalue weighted by molar-refractivity contribution is -0.135. The van der Waals surface area contributed by atoms with Crippen LogP contribution >= 0.6 is 23.2 Å². The maximum Gasteiger partial charge on any atom is 0.261 e. The number of carbonyl (C=O) groups is 1. The molecule has 2 aromatic carbocycles. The Morgan fingerprint density at radius 3 is 2.56 bits per heavy atom. The van der Waals surface area contributed by atoms with Crippen molar-refractivity contribution in [1.29, 1.82) is 5.26 Å². The van der Waals surface area contributed by atoms with Crippen LogP contribution in [0.25, 0.3) is 0 Å². The van der Waals surface area contributed by atoms with Gasteiger partial charge in [-0.15, -0.1) is 0 Å². The second-order valence-electron chi connectivity index (χ2n) is 5.76. The van der Waals surface area contributed by atoms with Crippen LogP contribution in [-0.4, -0.2) is 23.5 Å². The van der Waals surface area contributed by atoms with Crippen LogP contribution in [0.3, 0.4) is 0 Å². The monoisotopic (exact) mass is 376 g/mol. The predicted octanol–water partition coefficient (Wildman–Crippen LogP) is 4.68. The number of rotatable bonds is 6. The van der Waals surface area contributed by atoms with Gasteiger partial charge in [-0.3, -0.25) is 4.79 Å². The molecule has 1 amide bonds. The molecule has 6 heteroatoms. The van der Waals surface area contributed by atoms with Gasteiger partial charge in [-0.1, -0.05) is 41.4 Å². The van der Waals surface area contributed by atoms with Crippen molar-refractivity contribution >= 4 is 29.1 Å². The standard InChI is InChI=1S/C19H18Cl2N2O2/c1-13(2)23(11-14-7-8-16(20)17(21)9-14)19(24)12-25-18-6-4-3-5-15(18)10-22/h3-9,13H,11-12H2,1-2H3. The van der Waals surface area contributed by atoms with Crippen LogP contribution in [0.2, 0.25) is 10.0 Å². The topological polar surface area (TPSA) is 53.3 Å². The highest BCUT2D eigenvalue weighted by Crippen LogP contribution is 2.24. The molecule has 0 aliphatic carbocycles. The summed E-state index contributed by atoms with van der Waals surface area (Å²) in [5, 5.41) is 10.0. The van der Waals surface area contributed by atoms with E-state index in [1.54, 1.807) is 41.3 Å². The summed E-state index contributed by atoms with van der Waals surface area (Å²) in [5.74, 6) is 0.227. The molecule has 25 heavy (non-hydrogen) atoms. The van der Waals surface area contributed by atoms with Gasteiger partial charge >= 0.3 is 0 Å². The highest BCUT2D eigenvalue weighted by molar-refractivity contribution is 6.42. The summed E-state index contributed by atoms with van der Waals surface area (Å²) in [6.45, 7) is 4.12. The van der Waals surface area contributed by atoms with E-state index in [2.05, 4.69) is 0 Å². The Kier molecular flexibility index (Phi) is 6.69. The van der Waals surface area contributed by atoms with Crippen molar-refractivity contribution in [3.8, 4) is 11.8 Å². The maximum atomic E-state index is 12.6. The normalized spacial score (nSPS) is 10.4. The van der Waals surface area contributed by atoms with Crippen molar-refractivity contribution in [3.63, 3.8) is 0 Å². The largest absolute Gasteiger partial charge is 0.482 e. The Morgan fingerprint density at radius 1 is 1.20 bits per heavy atom. The first-order chi connectivity index (χ1) is 11.9. The number of halogens is 2. The number of amides is 1. The van der Waals surface area contributed by atoms with Gasteiger partial charge in [0.05, 0.1) is 15.6 Å². The first-order valence-corrected chi connectivity index (χ1v) is 8.53. The van der Waals surface area contributed by atoms with E-state index in [-0.39, 0.29) is 18.6 Å². The van der Waals surface area contributed by atoms with Gasteiger partial charge in [0.2, 0.25) is 0 Å². The van der Waals surface area contributed by atoms with Gasteiger partial charge in [0.25, 0.3) is 5.91 Å². The van der Waals surface area contributed by atoms with Crippen LogP contribution in [0.5, 0.6) is 5.75 Å². The first-order valence-electron chi connectivity index (χ1n) is 7.77. The smallest absolute Gasteiger partial charge is 0.261 e. The van der Waals surface area contributed by atoms with E-state index in [9.17, 15) is 4.79 Å². The van der Waals surface area contributed by atoms with Gasteiger partial charge in [0, 0.05) is 12.6 Å². The molecular formula is C19H18Cl2N2O2. The number of ether oxygens (including phenoxy) is 1. The van der Waals surface area contributed by atoms with E-state index >= 15 is 0 Å². The average Bonchev–Trinajstić information content (AvgIpc) is 2.60. The van der Waals surface area contributed by atoms with Gasteiger partial charge in [0.1, 0.15) is 11.8 Å². The predicted molar refractivity (Wildman–Crippen MR) is 98.8 cm³/mol. The summed E-state index contributed by atoms with van der Waals surface area (Å²) in [4.78, 5) is 14.3. The van der Waals surface area contributed by atoms with E-state index in [1.165, 1.54) is 0 Å². The molecule has 0 unspecified atom stereocenters. The maximum absolute atomic E-state index is 12.6. The Morgan fingerprint density at radius 2 is 1.92 bits per heavy atom. The average molecular weight is 377 g/mol. The molecular weight excluding hydrogens is 359 g/mol. The minimum absolute atomic E-state index is 0.0169. The minimum atomic E-state index is -0.172. The molecule has 0 aliphatic heterocycles. The van der Waals surface area contributed by atoms with Crippen LogP contribution < -0.4 is 4.74 Å². The van der Waals surface area contributed by atoms with Crippen LogP contribution in [-0.2, 0) is 11.3 Å². The summed E-state index contributed by atoms with van der Waals surface area (Å²) in [5.41, 5.74) is 1.28. The molecule has 0 bridgehead atoms. The number of hydrogen-bond acceptors (Lipinski definition) is 3. The van der Waals surface area contributed by atoms with E-state index < -0.39 is 0 Å². The summed E-state index contributed by atoms with van der Waals surface area (Å²) >= 11 is 12.0.